The molecule has 9 heteroatoms. The molecular weight excluding hydrogens is 266 g/mol. The summed E-state index contributed by atoms with van der Waals surface area (Å²) in [4.78, 5) is 0. The van der Waals surface area contributed by atoms with Gasteiger partial charge < -0.3 is 16.2 Å². The van der Waals surface area contributed by atoms with Gasteiger partial charge in [0, 0.05) is 11.3 Å². The number of hydrogen-bond donors (Lipinski definition) is 2. The number of ether oxygens (including phenoxy) is 1. The van der Waals surface area contributed by atoms with E-state index in [1.165, 1.54) is 0 Å². The van der Waals surface area contributed by atoms with E-state index in [0.29, 0.717) is 6.07 Å². The third-order valence-corrected chi connectivity index (χ3v) is 1.98. The van der Waals surface area contributed by atoms with Crippen LogP contribution < -0.4 is 16.2 Å². The van der Waals surface area contributed by atoms with Crippen LogP contribution in [0.15, 0.2) is 18.2 Å². The summed E-state index contributed by atoms with van der Waals surface area (Å²) in [5.41, 5.74) is 9.05. The number of rotatable bonds is 2. The molecule has 4 N–H and O–H groups in total. The molecule has 1 aromatic rings. The predicted molar refractivity (Wildman–Crippen MR) is 50.5 cm³/mol. The lowest BCUT2D eigenvalue weighted by molar-refractivity contribution is -0.274. The van der Waals surface area contributed by atoms with Crippen LogP contribution in [0.2, 0.25) is 0 Å². The van der Waals surface area contributed by atoms with Gasteiger partial charge >= 0.3 is 12.5 Å². The zero-order valence-electron chi connectivity index (χ0n) is 8.64. The molecule has 0 radical (unpaired) electrons. The average Bonchev–Trinajstić information content (AvgIpc) is 2.16. The third kappa shape index (κ3) is 3.69. The smallest absolute Gasteiger partial charge is 0.406 e. The largest absolute Gasteiger partial charge is 0.573 e. The Kier molecular flexibility index (Phi) is 3.65. The molecule has 0 heterocycles. The number of hydrogen-bond acceptors (Lipinski definition) is 3. The van der Waals surface area contributed by atoms with E-state index in [1.807, 2.05) is 0 Å². The van der Waals surface area contributed by atoms with E-state index >= 15 is 0 Å². The van der Waals surface area contributed by atoms with Gasteiger partial charge in [-0.2, -0.15) is 13.2 Å². The number of halogens is 6. The van der Waals surface area contributed by atoms with Gasteiger partial charge in [-0.05, 0) is 18.2 Å². The molecule has 0 spiro atoms. The molecule has 0 amide bonds. The Labute approximate surface area is 97.3 Å². The Morgan fingerprint density at radius 2 is 1.61 bits per heavy atom. The topological polar surface area (TPSA) is 61.3 Å². The molecule has 18 heavy (non-hydrogen) atoms. The Morgan fingerprint density at radius 3 is 2.06 bits per heavy atom. The fraction of sp³-hybridized carbons (Fsp3) is 0.333. The molecule has 0 aliphatic heterocycles. The monoisotopic (exact) mass is 274 g/mol. The SMILES string of the molecule is Nc1ccc(OC(F)(F)F)cc1[C@@H](N)C(F)(F)F. The standard InChI is InChI=1S/C9H8F6N2O/c10-8(11,12)7(17)5-3-4(1-2-6(5)16)18-9(13,14)15/h1-3,7H,16-17H2/t7-/m1/s1. The van der Waals surface area contributed by atoms with Crippen LogP contribution in [0.4, 0.5) is 32.0 Å². The molecule has 1 rings (SSSR count). The Morgan fingerprint density at radius 1 is 1.06 bits per heavy atom. The Bertz CT molecular complexity index is 428. The van der Waals surface area contributed by atoms with Crippen LogP contribution in [0, 0.1) is 0 Å². The highest BCUT2D eigenvalue weighted by Gasteiger charge is 2.39. The first-order chi connectivity index (χ1) is 8.00. The van der Waals surface area contributed by atoms with E-state index in [1.54, 1.807) is 0 Å². The van der Waals surface area contributed by atoms with Crippen molar-refractivity contribution in [2.24, 2.45) is 5.73 Å². The van der Waals surface area contributed by atoms with Crippen molar-refractivity contribution in [2.45, 2.75) is 18.6 Å². The van der Waals surface area contributed by atoms with Gasteiger partial charge in [-0.3, -0.25) is 0 Å². The quantitative estimate of drug-likeness (QED) is 0.644. The fourth-order valence-corrected chi connectivity index (χ4v) is 1.20. The minimum absolute atomic E-state index is 0.366. The van der Waals surface area contributed by atoms with Crippen LogP contribution in [0.25, 0.3) is 0 Å². The maximum Gasteiger partial charge on any atom is 0.573 e. The number of nitrogen functional groups attached to an aromatic ring is 1. The maximum absolute atomic E-state index is 12.3. The minimum Gasteiger partial charge on any atom is -0.406 e. The van der Waals surface area contributed by atoms with Gasteiger partial charge in [0.15, 0.2) is 0 Å². The van der Waals surface area contributed by atoms with Crippen molar-refractivity contribution in [3.05, 3.63) is 23.8 Å². The zero-order valence-corrected chi connectivity index (χ0v) is 8.64. The molecule has 0 aliphatic rings. The summed E-state index contributed by atoms with van der Waals surface area (Å²) in [5, 5.41) is 0. The maximum atomic E-state index is 12.3. The molecule has 0 unspecified atom stereocenters. The lowest BCUT2D eigenvalue weighted by Gasteiger charge is -2.19. The van der Waals surface area contributed by atoms with Gasteiger partial charge in [0.05, 0.1) is 0 Å². The Hall–Kier alpha value is -1.64. The van der Waals surface area contributed by atoms with E-state index < -0.39 is 29.9 Å². The van der Waals surface area contributed by atoms with Crippen molar-refractivity contribution in [3.8, 4) is 5.75 Å². The van der Waals surface area contributed by atoms with Gasteiger partial charge in [-0.25, -0.2) is 0 Å². The van der Waals surface area contributed by atoms with Crippen molar-refractivity contribution >= 4 is 5.69 Å². The number of alkyl halides is 6. The second-order valence-electron chi connectivity index (χ2n) is 3.36. The van der Waals surface area contributed by atoms with Crippen LogP contribution in [0.5, 0.6) is 5.75 Å². The van der Waals surface area contributed by atoms with E-state index in [-0.39, 0.29) is 5.69 Å². The summed E-state index contributed by atoms with van der Waals surface area (Å²) in [7, 11) is 0. The lowest BCUT2D eigenvalue weighted by Crippen LogP contribution is -2.29. The molecule has 1 atom stereocenters. The highest BCUT2D eigenvalue weighted by molar-refractivity contribution is 5.52. The fourth-order valence-electron chi connectivity index (χ4n) is 1.20. The van der Waals surface area contributed by atoms with Gasteiger partial charge in [0.1, 0.15) is 11.8 Å². The lowest BCUT2D eigenvalue weighted by atomic mass is 10.0. The van der Waals surface area contributed by atoms with Crippen LogP contribution in [-0.4, -0.2) is 12.5 Å². The molecule has 1 aromatic carbocycles. The number of anilines is 1. The first kappa shape index (κ1) is 14.4. The van der Waals surface area contributed by atoms with Crippen LogP contribution in [0.3, 0.4) is 0 Å². The van der Waals surface area contributed by atoms with E-state index in [4.69, 9.17) is 11.5 Å². The van der Waals surface area contributed by atoms with Crippen molar-refractivity contribution in [1.29, 1.82) is 0 Å². The van der Waals surface area contributed by atoms with Crippen molar-refractivity contribution in [3.63, 3.8) is 0 Å². The van der Waals surface area contributed by atoms with Gasteiger partial charge in [-0.15, -0.1) is 13.2 Å². The molecule has 0 fully saturated rings. The van der Waals surface area contributed by atoms with Crippen molar-refractivity contribution < 1.29 is 31.1 Å². The highest BCUT2D eigenvalue weighted by Crippen LogP contribution is 2.36. The molecule has 0 bridgehead atoms. The van der Waals surface area contributed by atoms with E-state index in [9.17, 15) is 26.3 Å². The van der Waals surface area contributed by atoms with Crippen LogP contribution in [-0.2, 0) is 0 Å². The molecule has 3 nitrogen and oxygen atoms in total. The normalized spacial score (nSPS) is 14.4. The highest BCUT2D eigenvalue weighted by atomic mass is 19.4. The number of benzene rings is 1. The van der Waals surface area contributed by atoms with Gasteiger partial charge in [-0.1, -0.05) is 0 Å². The summed E-state index contributed by atoms with van der Waals surface area (Å²) < 4.78 is 76.2. The second kappa shape index (κ2) is 4.56. The molecule has 102 valence electrons. The zero-order chi connectivity index (χ0) is 14.1. The Balaban J connectivity index is 3.09. The third-order valence-electron chi connectivity index (χ3n) is 1.98. The van der Waals surface area contributed by atoms with Crippen molar-refractivity contribution in [1.82, 2.24) is 0 Å². The molecule has 0 saturated carbocycles. The summed E-state index contributed by atoms with van der Waals surface area (Å²) in [6.07, 6.45) is -9.82. The molecule has 0 aliphatic carbocycles. The van der Waals surface area contributed by atoms with Crippen LogP contribution >= 0.6 is 0 Å². The average molecular weight is 274 g/mol. The predicted octanol–water partition coefficient (Wildman–Crippen LogP) is 2.73. The van der Waals surface area contributed by atoms with Crippen LogP contribution in [0.1, 0.15) is 11.6 Å². The second-order valence-corrected chi connectivity index (χ2v) is 3.36. The number of nitrogens with two attached hydrogens (primary N) is 2. The summed E-state index contributed by atoms with van der Waals surface area (Å²) in [5.74, 6) is -0.814. The first-order valence-corrected chi connectivity index (χ1v) is 4.48. The first-order valence-electron chi connectivity index (χ1n) is 4.48. The van der Waals surface area contributed by atoms with Gasteiger partial charge in [0.2, 0.25) is 0 Å². The minimum atomic E-state index is -5.00. The van der Waals surface area contributed by atoms with E-state index in [2.05, 4.69) is 4.74 Å². The van der Waals surface area contributed by atoms with Crippen molar-refractivity contribution in [2.75, 3.05) is 5.73 Å². The molecular formula is C9H8F6N2O. The summed E-state index contributed by atoms with van der Waals surface area (Å²) in [6.45, 7) is 0. The molecule has 0 aromatic heterocycles. The van der Waals surface area contributed by atoms with E-state index in [0.717, 1.165) is 12.1 Å². The molecule has 0 saturated heterocycles. The summed E-state index contributed by atoms with van der Waals surface area (Å²) >= 11 is 0. The summed E-state index contributed by atoms with van der Waals surface area (Å²) in [6, 6.07) is -0.299. The van der Waals surface area contributed by atoms with Gasteiger partial charge in [0.25, 0.3) is 0 Å².